The molecule has 0 saturated heterocycles. The Morgan fingerprint density at radius 1 is 0.941 bits per heavy atom. The van der Waals surface area contributed by atoms with Gasteiger partial charge in [-0.15, -0.1) is 0 Å². The summed E-state index contributed by atoms with van der Waals surface area (Å²) < 4.78 is 10.4. The monoisotopic (exact) mass is 243 g/mol. The van der Waals surface area contributed by atoms with Crippen molar-refractivity contribution in [2.75, 3.05) is 33.5 Å². The van der Waals surface area contributed by atoms with E-state index in [4.69, 9.17) is 9.47 Å². The summed E-state index contributed by atoms with van der Waals surface area (Å²) in [4.78, 5) is 0. The second kappa shape index (κ2) is 11.0. The minimum Gasteiger partial charge on any atom is -0.382 e. The first-order chi connectivity index (χ1) is 8.43. The van der Waals surface area contributed by atoms with Crippen LogP contribution in [0.5, 0.6) is 0 Å². The van der Waals surface area contributed by atoms with E-state index in [0.717, 1.165) is 32.2 Å². The van der Waals surface area contributed by atoms with Crippen molar-refractivity contribution < 1.29 is 9.47 Å². The molecule has 1 aliphatic carbocycles. The number of hydrogen-bond donors (Lipinski definition) is 1. The minimum absolute atomic E-state index is 0.709. The van der Waals surface area contributed by atoms with Gasteiger partial charge < -0.3 is 14.8 Å². The largest absolute Gasteiger partial charge is 0.382 e. The number of unbranched alkanes of at least 4 members (excludes halogenated alkanes) is 1. The van der Waals surface area contributed by atoms with Crippen LogP contribution in [0.2, 0.25) is 0 Å². The Bertz CT molecular complexity index is 156. The van der Waals surface area contributed by atoms with Crippen LogP contribution in [0.15, 0.2) is 0 Å². The fraction of sp³-hybridized carbons (Fsp3) is 1.00. The van der Waals surface area contributed by atoms with E-state index in [1.54, 1.807) is 7.11 Å². The summed E-state index contributed by atoms with van der Waals surface area (Å²) in [6, 6.07) is 0.784. The fourth-order valence-electron chi connectivity index (χ4n) is 2.36. The predicted octanol–water partition coefficient (Wildman–Crippen LogP) is 2.74. The van der Waals surface area contributed by atoms with Gasteiger partial charge in [-0.05, 0) is 32.2 Å². The first-order valence-corrected chi connectivity index (χ1v) is 7.23. The normalized spacial score (nSPS) is 18.2. The summed E-state index contributed by atoms with van der Waals surface area (Å²) in [6.07, 6.45) is 10.8. The maximum absolute atomic E-state index is 5.43. The summed E-state index contributed by atoms with van der Waals surface area (Å²) >= 11 is 0. The molecule has 0 unspecified atom stereocenters. The lowest BCUT2D eigenvalue weighted by atomic mass is 10.1. The summed E-state index contributed by atoms with van der Waals surface area (Å²) in [5.74, 6) is 0. The number of nitrogens with one attached hydrogen (secondary N) is 1. The van der Waals surface area contributed by atoms with Crippen molar-refractivity contribution in [2.45, 2.75) is 57.4 Å². The van der Waals surface area contributed by atoms with E-state index in [0.29, 0.717) is 6.61 Å². The number of rotatable bonds is 9. The van der Waals surface area contributed by atoms with E-state index in [2.05, 4.69) is 5.32 Å². The average Bonchev–Trinajstić information content (AvgIpc) is 2.61. The van der Waals surface area contributed by atoms with Gasteiger partial charge in [0, 0.05) is 19.8 Å². The summed E-state index contributed by atoms with van der Waals surface area (Å²) in [6.45, 7) is 3.46. The Morgan fingerprint density at radius 3 is 2.41 bits per heavy atom. The zero-order valence-corrected chi connectivity index (χ0v) is 11.4. The van der Waals surface area contributed by atoms with E-state index in [1.165, 1.54) is 44.9 Å². The fourth-order valence-corrected chi connectivity index (χ4v) is 2.36. The molecular formula is C14H29NO2. The van der Waals surface area contributed by atoms with E-state index in [9.17, 15) is 0 Å². The maximum atomic E-state index is 5.43. The van der Waals surface area contributed by atoms with Gasteiger partial charge in [0.2, 0.25) is 0 Å². The number of ether oxygens (including phenoxy) is 2. The zero-order chi connectivity index (χ0) is 12.2. The van der Waals surface area contributed by atoms with Crippen LogP contribution >= 0.6 is 0 Å². The second-order valence-electron chi connectivity index (χ2n) is 4.95. The van der Waals surface area contributed by atoms with Crippen molar-refractivity contribution in [3.8, 4) is 0 Å². The minimum atomic E-state index is 0.709. The Kier molecular flexibility index (Phi) is 9.66. The lowest BCUT2D eigenvalue weighted by Crippen LogP contribution is -2.29. The van der Waals surface area contributed by atoms with Crippen molar-refractivity contribution in [3.63, 3.8) is 0 Å². The molecule has 0 atom stereocenters. The number of hydrogen-bond acceptors (Lipinski definition) is 3. The lowest BCUT2D eigenvalue weighted by molar-refractivity contribution is 0.0687. The molecule has 1 N–H and O–H groups in total. The molecule has 17 heavy (non-hydrogen) atoms. The summed E-state index contributed by atoms with van der Waals surface area (Å²) in [5.41, 5.74) is 0. The molecule has 0 aromatic heterocycles. The van der Waals surface area contributed by atoms with Gasteiger partial charge in [0.25, 0.3) is 0 Å². The summed E-state index contributed by atoms with van der Waals surface area (Å²) in [7, 11) is 1.71. The van der Waals surface area contributed by atoms with Crippen LogP contribution in [-0.4, -0.2) is 39.5 Å². The molecule has 3 nitrogen and oxygen atoms in total. The van der Waals surface area contributed by atoms with Gasteiger partial charge in [0.1, 0.15) is 0 Å². The standard InChI is InChI=1S/C14H29NO2/c1-16-12-13-17-11-7-6-10-15-14-8-4-2-3-5-9-14/h14-15H,2-13H2,1H3. The predicted molar refractivity (Wildman–Crippen MR) is 71.4 cm³/mol. The van der Waals surface area contributed by atoms with Crippen molar-refractivity contribution in [1.82, 2.24) is 5.32 Å². The SMILES string of the molecule is COCCOCCCCNC1CCCCCC1. The van der Waals surface area contributed by atoms with E-state index in [1.807, 2.05) is 0 Å². The van der Waals surface area contributed by atoms with E-state index in [-0.39, 0.29) is 0 Å². The molecule has 1 rings (SSSR count). The quantitative estimate of drug-likeness (QED) is 0.499. The van der Waals surface area contributed by atoms with Crippen molar-refractivity contribution >= 4 is 0 Å². The Balaban J connectivity index is 1.82. The van der Waals surface area contributed by atoms with Gasteiger partial charge in [0.15, 0.2) is 0 Å². The molecular weight excluding hydrogens is 214 g/mol. The van der Waals surface area contributed by atoms with Crippen LogP contribution < -0.4 is 5.32 Å². The molecule has 0 heterocycles. The molecule has 0 amide bonds. The first kappa shape index (κ1) is 14.9. The van der Waals surface area contributed by atoms with Gasteiger partial charge in [0.05, 0.1) is 13.2 Å². The molecule has 102 valence electrons. The maximum Gasteiger partial charge on any atom is 0.0700 e. The van der Waals surface area contributed by atoms with E-state index >= 15 is 0 Å². The highest BCUT2D eigenvalue weighted by Gasteiger charge is 2.10. The highest BCUT2D eigenvalue weighted by Crippen LogP contribution is 2.17. The molecule has 0 radical (unpaired) electrons. The first-order valence-electron chi connectivity index (χ1n) is 7.23. The molecule has 1 aliphatic rings. The van der Waals surface area contributed by atoms with Gasteiger partial charge in [-0.1, -0.05) is 25.7 Å². The Labute approximate surface area is 106 Å². The third kappa shape index (κ3) is 8.58. The smallest absolute Gasteiger partial charge is 0.0700 e. The summed E-state index contributed by atoms with van der Waals surface area (Å²) in [5, 5.41) is 3.68. The number of methoxy groups -OCH3 is 1. The molecule has 0 aromatic carbocycles. The molecule has 3 heteroatoms. The van der Waals surface area contributed by atoms with Crippen LogP contribution in [-0.2, 0) is 9.47 Å². The molecule has 0 aliphatic heterocycles. The van der Waals surface area contributed by atoms with E-state index < -0.39 is 0 Å². The van der Waals surface area contributed by atoms with Crippen molar-refractivity contribution in [3.05, 3.63) is 0 Å². The van der Waals surface area contributed by atoms with Crippen LogP contribution in [0, 0.1) is 0 Å². The third-order valence-corrected chi connectivity index (χ3v) is 3.44. The Morgan fingerprint density at radius 2 is 1.71 bits per heavy atom. The molecule has 1 fully saturated rings. The van der Waals surface area contributed by atoms with Crippen LogP contribution in [0.25, 0.3) is 0 Å². The zero-order valence-electron chi connectivity index (χ0n) is 11.4. The lowest BCUT2D eigenvalue weighted by Gasteiger charge is -2.15. The van der Waals surface area contributed by atoms with Crippen LogP contribution in [0.4, 0.5) is 0 Å². The van der Waals surface area contributed by atoms with Crippen LogP contribution in [0.3, 0.4) is 0 Å². The topological polar surface area (TPSA) is 30.5 Å². The van der Waals surface area contributed by atoms with Crippen molar-refractivity contribution in [2.24, 2.45) is 0 Å². The highest BCUT2D eigenvalue weighted by atomic mass is 16.5. The van der Waals surface area contributed by atoms with Gasteiger partial charge in [-0.3, -0.25) is 0 Å². The molecule has 0 aromatic rings. The molecule has 1 saturated carbocycles. The highest BCUT2D eigenvalue weighted by molar-refractivity contribution is 4.70. The van der Waals surface area contributed by atoms with Crippen LogP contribution in [0.1, 0.15) is 51.4 Å². The molecule has 0 bridgehead atoms. The third-order valence-electron chi connectivity index (χ3n) is 3.44. The van der Waals surface area contributed by atoms with Gasteiger partial charge in [-0.25, -0.2) is 0 Å². The van der Waals surface area contributed by atoms with Gasteiger partial charge in [-0.2, -0.15) is 0 Å². The average molecular weight is 243 g/mol. The molecule has 0 spiro atoms. The Hall–Kier alpha value is -0.120. The van der Waals surface area contributed by atoms with Gasteiger partial charge >= 0.3 is 0 Å². The van der Waals surface area contributed by atoms with Crippen molar-refractivity contribution in [1.29, 1.82) is 0 Å². The second-order valence-corrected chi connectivity index (χ2v) is 4.95.